The monoisotopic (exact) mass is 559 g/mol. The molecule has 3 aliphatic rings. The molecule has 1 aromatic heterocycles. The van der Waals surface area contributed by atoms with Crippen LogP contribution in [0.25, 0.3) is 11.8 Å². The van der Waals surface area contributed by atoms with Crippen LogP contribution < -0.4 is 0 Å². The zero-order chi connectivity index (χ0) is 21.9. The number of aliphatic imine (C=N–C) groups is 1. The van der Waals surface area contributed by atoms with E-state index >= 15 is 0 Å². The number of thioether (sulfide) groups is 1. The van der Waals surface area contributed by atoms with Crippen LogP contribution in [0.3, 0.4) is 0 Å². The number of hydrogen-bond acceptors (Lipinski definition) is 3. The van der Waals surface area contributed by atoms with Gasteiger partial charge in [-0.05, 0) is 103 Å². The molecular weight excluding hydrogens is 529 g/mol. The summed E-state index contributed by atoms with van der Waals surface area (Å²) in [7, 11) is 0. The highest BCUT2D eigenvalue weighted by molar-refractivity contribution is 14.1. The van der Waals surface area contributed by atoms with Crippen LogP contribution in [-0.2, 0) is 4.79 Å². The topological polar surface area (TPSA) is 37.6 Å². The van der Waals surface area contributed by atoms with Gasteiger partial charge in [0.25, 0.3) is 5.91 Å². The maximum Gasteiger partial charge on any atom is 0.267 e. The predicted octanol–water partition coefficient (Wildman–Crippen LogP) is 7.02. The average molecular weight is 560 g/mol. The highest BCUT2D eigenvalue weighted by Gasteiger charge is 2.39. The average Bonchev–Trinajstić information content (AvgIpc) is 3.40. The molecule has 1 amide bonds. The number of hydrogen-bond donors (Lipinski definition) is 0. The minimum Gasteiger partial charge on any atom is -0.317 e. The lowest BCUT2D eigenvalue weighted by Gasteiger charge is -2.31. The molecule has 0 unspecified atom stereocenters. The molecule has 168 valence electrons. The minimum absolute atomic E-state index is 0.145. The summed E-state index contributed by atoms with van der Waals surface area (Å²) in [6.07, 6.45) is 16.2. The van der Waals surface area contributed by atoms with Crippen LogP contribution in [0.4, 0.5) is 0 Å². The van der Waals surface area contributed by atoms with Crippen molar-refractivity contribution in [1.29, 1.82) is 0 Å². The summed E-state index contributed by atoms with van der Waals surface area (Å²) in [6.45, 7) is 0. The van der Waals surface area contributed by atoms with Gasteiger partial charge in [-0.25, -0.2) is 0 Å². The van der Waals surface area contributed by atoms with Crippen LogP contribution in [0.5, 0.6) is 0 Å². The Morgan fingerprint density at radius 1 is 0.938 bits per heavy atom. The van der Waals surface area contributed by atoms with Gasteiger partial charge in [0.15, 0.2) is 5.17 Å². The van der Waals surface area contributed by atoms with E-state index in [9.17, 15) is 4.79 Å². The van der Waals surface area contributed by atoms with Crippen molar-refractivity contribution in [2.24, 2.45) is 4.99 Å². The molecule has 2 aromatic rings. The summed E-state index contributed by atoms with van der Waals surface area (Å²) in [5, 5.41) is 0.951. The molecule has 2 saturated carbocycles. The Kier molecular flexibility index (Phi) is 7.07. The normalized spacial score (nSPS) is 23.5. The molecule has 0 N–H and O–H groups in total. The Bertz CT molecular complexity index is 1010. The van der Waals surface area contributed by atoms with Gasteiger partial charge in [0.1, 0.15) is 0 Å². The number of carbonyl (C=O) groups excluding carboxylic acids is 1. The Hall–Kier alpha value is -1.54. The second-order valence-electron chi connectivity index (χ2n) is 9.06. The summed E-state index contributed by atoms with van der Waals surface area (Å²) in [5.74, 6) is 0.145. The van der Waals surface area contributed by atoms with E-state index in [1.165, 1.54) is 42.1 Å². The first-order valence-electron chi connectivity index (χ1n) is 11.9. The molecule has 1 saturated heterocycles. The fraction of sp³-hybridized carbons (Fsp3) is 0.462. The Labute approximate surface area is 208 Å². The second kappa shape index (κ2) is 10.2. The van der Waals surface area contributed by atoms with E-state index in [4.69, 9.17) is 4.99 Å². The van der Waals surface area contributed by atoms with E-state index < -0.39 is 0 Å². The van der Waals surface area contributed by atoms with Gasteiger partial charge in [0.2, 0.25) is 0 Å². The quantitative estimate of drug-likeness (QED) is 0.298. The Morgan fingerprint density at radius 3 is 2.34 bits per heavy atom. The maximum atomic E-state index is 13.6. The van der Waals surface area contributed by atoms with Crippen LogP contribution >= 0.6 is 34.4 Å². The Balaban J connectivity index is 1.46. The summed E-state index contributed by atoms with van der Waals surface area (Å²) in [6, 6.07) is 13.3. The number of amides is 1. The number of halogens is 1. The molecule has 0 radical (unpaired) electrons. The Morgan fingerprint density at radius 2 is 1.62 bits per heavy atom. The molecule has 6 heteroatoms. The van der Waals surface area contributed by atoms with Gasteiger partial charge in [0, 0.05) is 27.2 Å². The molecule has 3 fully saturated rings. The van der Waals surface area contributed by atoms with Crippen molar-refractivity contribution in [1.82, 2.24) is 9.47 Å². The van der Waals surface area contributed by atoms with Crippen molar-refractivity contribution < 1.29 is 4.79 Å². The first-order valence-corrected chi connectivity index (χ1v) is 13.8. The van der Waals surface area contributed by atoms with E-state index in [0.29, 0.717) is 12.1 Å². The lowest BCUT2D eigenvalue weighted by molar-refractivity contribution is -0.124. The summed E-state index contributed by atoms with van der Waals surface area (Å²) < 4.78 is 3.37. The number of aromatic nitrogens is 1. The van der Waals surface area contributed by atoms with Gasteiger partial charge in [0.05, 0.1) is 10.9 Å². The summed E-state index contributed by atoms with van der Waals surface area (Å²) >= 11 is 3.92. The van der Waals surface area contributed by atoms with Crippen molar-refractivity contribution in [3.05, 3.63) is 56.8 Å². The van der Waals surface area contributed by atoms with E-state index in [1.807, 2.05) is 6.07 Å². The van der Waals surface area contributed by atoms with Gasteiger partial charge in [-0.1, -0.05) is 38.5 Å². The minimum atomic E-state index is 0.145. The largest absolute Gasteiger partial charge is 0.317 e. The molecular formula is C26H30IN3OS. The van der Waals surface area contributed by atoms with Crippen molar-refractivity contribution >= 4 is 51.5 Å². The third-order valence-corrected chi connectivity index (χ3v) is 8.52. The fourth-order valence-corrected chi connectivity index (χ4v) is 6.54. The molecule has 1 aromatic carbocycles. The van der Waals surface area contributed by atoms with E-state index in [2.05, 4.69) is 74.7 Å². The first-order chi connectivity index (χ1) is 15.7. The number of carbonyl (C=O) groups is 1. The molecule has 32 heavy (non-hydrogen) atoms. The lowest BCUT2D eigenvalue weighted by atomic mass is 9.94. The van der Waals surface area contributed by atoms with Gasteiger partial charge in [-0.3, -0.25) is 14.7 Å². The van der Waals surface area contributed by atoms with Crippen molar-refractivity contribution in [2.75, 3.05) is 0 Å². The van der Waals surface area contributed by atoms with Crippen LogP contribution in [-0.4, -0.2) is 32.6 Å². The number of benzene rings is 1. The van der Waals surface area contributed by atoms with Gasteiger partial charge in [-0.15, -0.1) is 0 Å². The lowest BCUT2D eigenvalue weighted by Crippen LogP contribution is -2.41. The fourth-order valence-electron chi connectivity index (χ4n) is 5.09. The summed E-state index contributed by atoms with van der Waals surface area (Å²) in [5.41, 5.74) is 2.14. The van der Waals surface area contributed by atoms with E-state index in [-0.39, 0.29) is 5.91 Å². The smallest absolute Gasteiger partial charge is 0.267 e. The molecule has 0 bridgehead atoms. The van der Waals surface area contributed by atoms with E-state index in [0.717, 1.165) is 47.1 Å². The van der Waals surface area contributed by atoms with Crippen LogP contribution in [0.1, 0.15) is 69.9 Å². The first kappa shape index (κ1) is 22.3. The van der Waals surface area contributed by atoms with Crippen LogP contribution in [0.2, 0.25) is 0 Å². The standard InChI is InChI=1S/C26H30IN3OS/c27-19-13-15-21(16-14-19)29-17-7-12-23(29)18-24-25(31)30(22-10-5-2-6-11-22)26(32-24)28-20-8-3-1-4-9-20/h7,12-18,20,22H,1-6,8-11H2. The van der Waals surface area contributed by atoms with Crippen LogP contribution in [0, 0.1) is 3.57 Å². The van der Waals surface area contributed by atoms with Crippen LogP contribution in [0.15, 0.2) is 52.5 Å². The number of nitrogens with zero attached hydrogens (tertiary/aromatic N) is 3. The van der Waals surface area contributed by atoms with Gasteiger partial charge < -0.3 is 4.57 Å². The molecule has 2 heterocycles. The summed E-state index contributed by atoms with van der Waals surface area (Å²) in [4.78, 5) is 21.6. The zero-order valence-corrected chi connectivity index (χ0v) is 21.4. The van der Waals surface area contributed by atoms with Gasteiger partial charge >= 0.3 is 0 Å². The third kappa shape index (κ3) is 4.86. The maximum absolute atomic E-state index is 13.6. The van der Waals surface area contributed by atoms with Gasteiger partial charge in [-0.2, -0.15) is 0 Å². The predicted molar refractivity (Wildman–Crippen MR) is 142 cm³/mol. The molecule has 2 aliphatic carbocycles. The number of rotatable bonds is 4. The molecule has 0 atom stereocenters. The SMILES string of the molecule is O=C1C(=Cc2cccn2-c2ccc(I)cc2)SC(=NC2CCCCC2)N1C1CCCCC1. The number of amidine groups is 1. The molecule has 4 nitrogen and oxygen atoms in total. The second-order valence-corrected chi connectivity index (χ2v) is 11.3. The molecule has 1 aliphatic heterocycles. The molecule has 5 rings (SSSR count). The highest BCUT2D eigenvalue weighted by atomic mass is 127. The van der Waals surface area contributed by atoms with E-state index in [1.54, 1.807) is 11.8 Å². The van der Waals surface area contributed by atoms with Crippen molar-refractivity contribution in [3.63, 3.8) is 0 Å². The molecule has 0 spiro atoms. The highest BCUT2D eigenvalue weighted by Crippen LogP contribution is 2.38. The van der Waals surface area contributed by atoms with Crippen molar-refractivity contribution in [2.45, 2.75) is 76.3 Å². The third-order valence-electron chi connectivity index (χ3n) is 6.81. The van der Waals surface area contributed by atoms with Crippen molar-refractivity contribution in [3.8, 4) is 5.69 Å². The zero-order valence-electron chi connectivity index (χ0n) is 18.4.